The molecule has 0 N–H and O–H groups in total. The Labute approximate surface area is 119 Å². The zero-order valence-corrected chi connectivity index (χ0v) is 11.9. The lowest BCUT2D eigenvalue weighted by Crippen LogP contribution is -2.23. The lowest BCUT2D eigenvalue weighted by molar-refractivity contribution is 0.0818. The number of rotatable bonds is 4. The second kappa shape index (κ2) is 5.97. The van der Waals surface area contributed by atoms with Gasteiger partial charge in [-0.3, -0.25) is 4.79 Å². The number of hydrogen-bond acceptors (Lipinski definition) is 2. The number of Topliss-reactive ketones (excluding diaryl/α,β-unsaturated/α-hetero) is 1. The van der Waals surface area contributed by atoms with Crippen LogP contribution >= 0.6 is 15.9 Å². The van der Waals surface area contributed by atoms with Gasteiger partial charge in [0.15, 0.2) is 6.10 Å². The molecule has 0 aromatic heterocycles. The van der Waals surface area contributed by atoms with Crippen LogP contribution in [-0.2, 0) is 0 Å². The lowest BCUT2D eigenvalue weighted by atomic mass is 10.1. The maximum absolute atomic E-state index is 12.8. The highest BCUT2D eigenvalue weighted by molar-refractivity contribution is 9.10. The number of ketones is 1. The Morgan fingerprint density at radius 3 is 2.53 bits per heavy atom. The number of hydrogen-bond donors (Lipinski definition) is 0. The van der Waals surface area contributed by atoms with E-state index in [0.29, 0.717) is 11.3 Å². The number of benzene rings is 2. The zero-order valence-electron chi connectivity index (χ0n) is 10.3. The summed E-state index contributed by atoms with van der Waals surface area (Å²) in [5, 5.41) is 0. The SMILES string of the molecule is C[C@@H](Oc1cccc(Br)c1)C(=O)c1ccc(F)cc1. The van der Waals surface area contributed by atoms with E-state index in [1.165, 1.54) is 24.3 Å². The molecular formula is C15H12BrFO2. The predicted molar refractivity (Wildman–Crippen MR) is 75.0 cm³/mol. The van der Waals surface area contributed by atoms with Crippen LogP contribution < -0.4 is 4.74 Å². The fourth-order valence-corrected chi connectivity index (χ4v) is 2.03. The molecule has 0 aliphatic carbocycles. The molecule has 0 saturated carbocycles. The third kappa shape index (κ3) is 3.64. The van der Waals surface area contributed by atoms with Crippen LogP contribution in [0.3, 0.4) is 0 Å². The summed E-state index contributed by atoms with van der Waals surface area (Å²) in [6, 6.07) is 12.7. The molecule has 0 aliphatic rings. The average Bonchev–Trinajstić information content (AvgIpc) is 2.39. The van der Waals surface area contributed by atoms with Gasteiger partial charge < -0.3 is 4.74 Å². The van der Waals surface area contributed by atoms with Crippen molar-refractivity contribution in [3.63, 3.8) is 0 Å². The summed E-state index contributed by atoms with van der Waals surface area (Å²) in [7, 11) is 0. The summed E-state index contributed by atoms with van der Waals surface area (Å²) in [5.41, 5.74) is 0.434. The summed E-state index contributed by atoms with van der Waals surface area (Å²) in [6.07, 6.45) is -0.625. The zero-order chi connectivity index (χ0) is 13.8. The van der Waals surface area contributed by atoms with Gasteiger partial charge in [0.2, 0.25) is 5.78 Å². The minimum Gasteiger partial charge on any atom is -0.483 e. The van der Waals surface area contributed by atoms with Crippen molar-refractivity contribution in [3.05, 3.63) is 64.4 Å². The van der Waals surface area contributed by atoms with E-state index in [1.54, 1.807) is 19.1 Å². The van der Waals surface area contributed by atoms with E-state index in [0.717, 1.165) is 4.47 Å². The standard InChI is InChI=1S/C15H12BrFO2/c1-10(19-14-4-2-3-12(16)9-14)15(18)11-5-7-13(17)8-6-11/h2-10H,1H3/t10-/m1/s1. The van der Waals surface area contributed by atoms with E-state index in [4.69, 9.17) is 4.74 Å². The van der Waals surface area contributed by atoms with E-state index < -0.39 is 6.10 Å². The molecule has 0 aliphatic heterocycles. The molecule has 19 heavy (non-hydrogen) atoms. The van der Waals surface area contributed by atoms with Gasteiger partial charge in [0.05, 0.1) is 0 Å². The van der Waals surface area contributed by atoms with Crippen LogP contribution in [-0.4, -0.2) is 11.9 Å². The molecule has 2 aromatic rings. The van der Waals surface area contributed by atoms with Gasteiger partial charge in [-0.1, -0.05) is 22.0 Å². The van der Waals surface area contributed by atoms with E-state index in [-0.39, 0.29) is 11.6 Å². The molecule has 0 radical (unpaired) electrons. The quantitative estimate of drug-likeness (QED) is 0.787. The van der Waals surface area contributed by atoms with Gasteiger partial charge in [-0.2, -0.15) is 0 Å². The maximum Gasteiger partial charge on any atom is 0.202 e. The first kappa shape index (κ1) is 13.7. The van der Waals surface area contributed by atoms with Crippen molar-refractivity contribution in [2.45, 2.75) is 13.0 Å². The average molecular weight is 323 g/mol. The van der Waals surface area contributed by atoms with Crippen LogP contribution in [0.2, 0.25) is 0 Å². The first-order valence-corrected chi connectivity index (χ1v) is 6.57. The molecule has 0 bridgehead atoms. The summed E-state index contributed by atoms with van der Waals surface area (Å²) in [4.78, 5) is 12.1. The van der Waals surface area contributed by atoms with Gasteiger partial charge in [-0.15, -0.1) is 0 Å². The van der Waals surface area contributed by atoms with E-state index in [1.807, 2.05) is 12.1 Å². The van der Waals surface area contributed by atoms with Crippen LogP contribution in [0.5, 0.6) is 5.75 Å². The molecule has 98 valence electrons. The normalized spacial score (nSPS) is 11.9. The van der Waals surface area contributed by atoms with Crippen molar-refractivity contribution < 1.29 is 13.9 Å². The highest BCUT2D eigenvalue weighted by Crippen LogP contribution is 2.20. The van der Waals surface area contributed by atoms with Crippen LogP contribution in [0.15, 0.2) is 53.0 Å². The van der Waals surface area contributed by atoms with Gasteiger partial charge in [0, 0.05) is 10.0 Å². The Balaban J connectivity index is 2.09. The summed E-state index contributed by atoms with van der Waals surface area (Å²) >= 11 is 3.34. The highest BCUT2D eigenvalue weighted by atomic mass is 79.9. The molecule has 2 rings (SSSR count). The smallest absolute Gasteiger partial charge is 0.202 e. The maximum atomic E-state index is 12.8. The van der Waals surface area contributed by atoms with Crippen molar-refractivity contribution >= 4 is 21.7 Å². The molecule has 0 saturated heterocycles. The fourth-order valence-electron chi connectivity index (χ4n) is 1.65. The minimum atomic E-state index is -0.625. The number of ether oxygens (including phenoxy) is 1. The van der Waals surface area contributed by atoms with Crippen LogP contribution in [0.4, 0.5) is 4.39 Å². The van der Waals surface area contributed by atoms with Gasteiger partial charge in [-0.05, 0) is 49.4 Å². The predicted octanol–water partition coefficient (Wildman–Crippen LogP) is 4.24. The van der Waals surface area contributed by atoms with Gasteiger partial charge in [0.1, 0.15) is 11.6 Å². The monoisotopic (exact) mass is 322 g/mol. The molecule has 2 aromatic carbocycles. The van der Waals surface area contributed by atoms with Crippen molar-refractivity contribution in [2.24, 2.45) is 0 Å². The molecule has 0 heterocycles. The Morgan fingerprint density at radius 1 is 1.21 bits per heavy atom. The first-order chi connectivity index (χ1) is 9.06. The number of carbonyl (C=O) groups excluding carboxylic acids is 1. The first-order valence-electron chi connectivity index (χ1n) is 5.78. The third-order valence-corrected chi connectivity index (χ3v) is 3.10. The Hall–Kier alpha value is -1.68. The van der Waals surface area contributed by atoms with E-state index >= 15 is 0 Å². The van der Waals surface area contributed by atoms with Crippen molar-refractivity contribution in [3.8, 4) is 5.75 Å². The van der Waals surface area contributed by atoms with Gasteiger partial charge in [-0.25, -0.2) is 4.39 Å². The van der Waals surface area contributed by atoms with E-state index in [2.05, 4.69) is 15.9 Å². The van der Waals surface area contributed by atoms with Crippen molar-refractivity contribution in [2.75, 3.05) is 0 Å². The Kier molecular flexibility index (Phi) is 4.32. The Bertz CT molecular complexity index is 581. The second-order valence-corrected chi connectivity index (χ2v) is 5.00. The van der Waals surface area contributed by atoms with Gasteiger partial charge in [0.25, 0.3) is 0 Å². The molecule has 0 amide bonds. The molecule has 1 atom stereocenters. The molecule has 2 nitrogen and oxygen atoms in total. The Morgan fingerprint density at radius 2 is 1.89 bits per heavy atom. The van der Waals surface area contributed by atoms with Crippen LogP contribution in [0.1, 0.15) is 17.3 Å². The summed E-state index contributed by atoms with van der Waals surface area (Å²) < 4.78 is 19.2. The molecule has 4 heteroatoms. The lowest BCUT2D eigenvalue weighted by Gasteiger charge is -2.13. The van der Waals surface area contributed by atoms with Crippen molar-refractivity contribution in [1.82, 2.24) is 0 Å². The summed E-state index contributed by atoms with van der Waals surface area (Å²) in [6.45, 7) is 1.67. The number of halogens is 2. The topological polar surface area (TPSA) is 26.3 Å². The molecule has 0 fully saturated rings. The van der Waals surface area contributed by atoms with Crippen molar-refractivity contribution in [1.29, 1.82) is 0 Å². The largest absolute Gasteiger partial charge is 0.483 e. The fraction of sp³-hybridized carbons (Fsp3) is 0.133. The molecule has 0 unspecified atom stereocenters. The van der Waals surface area contributed by atoms with E-state index in [9.17, 15) is 9.18 Å². The molecular weight excluding hydrogens is 311 g/mol. The van der Waals surface area contributed by atoms with Crippen LogP contribution in [0, 0.1) is 5.82 Å². The molecule has 0 spiro atoms. The minimum absolute atomic E-state index is 0.181. The second-order valence-electron chi connectivity index (χ2n) is 4.09. The van der Waals surface area contributed by atoms with Crippen LogP contribution in [0.25, 0.3) is 0 Å². The van der Waals surface area contributed by atoms with Gasteiger partial charge >= 0.3 is 0 Å². The number of carbonyl (C=O) groups is 1. The highest BCUT2D eigenvalue weighted by Gasteiger charge is 2.16. The summed E-state index contributed by atoms with van der Waals surface area (Å²) in [5.74, 6) is 0.0643. The third-order valence-electron chi connectivity index (χ3n) is 2.61.